The summed E-state index contributed by atoms with van der Waals surface area (Å²) in [4.78, 5) is 15.6. The SMILES string of the molecule is CC(=CC(=O)O)c1ccc2c(ccn2C(c2ccccc2)c2ccccn2)c1. The highest BCUT2D eigenvalue weighted by Crippen LogP contribution is 2.31. The maximum atomic E-state index is 11.0. The summed E-state index contributed by atoms with van der Waals surface area (Å²) in [5, 5.41) is 10.1. The quantitative estimate of drug-likeness (QED) is 0.495. The molecule has 28 heavy (non-hydrogen) atoms. The Bertz CT molecular complexity index is 1110. The number of hydrogen-bond acceptors (Lipinski definition) is 2. The molecule has 0 bridgehead atoms. The highest BCUT2D eigenvalue weighted by atomic mass is 16.4. The second-order valence-electron chi connectivity index (χ2n) is 6.73. The van der Waals surface area contributed by atoms with Gasteiger partial charge in [-0.25, -0.2) is 4.79 Å². The van der Waals surface area contributed by atoms with Crippen LogP contribution in [0, 0.1) is 0 Å². The summed E-state index contributed by atoms with van der Waals surface area (Å²) in [6.07, 6.45) is 5.12. The molecule has 4 heteroatoms. The number of aromatic nitrogens is 2. The molecule has 0 saturated carbocycles. The minimum atomic E-state index is -0.936. The molecule has 2 aromatic heterocycles. The molecule has 0 aliphatic rings. The van der Waals surface area contributed by atoms with E-state index in [1.807, 2.05) is 67.7 Å². The van der Waals surface area contributed by atoms with Crippen LogP contribution in [0.1, 0.15) is 29.8 Å². The smallest absolute Gasteiger partial charge is 0.328 e. The standard InChI is InChI=1S/C24H20N2O2/c1-17(15-23(27)28)19-10-11-22-20(16-19)12-14-26(22)24(18-7-3-2-4-8-18)21-9-5-6-13-25-21/h2-16,24H,1H3,(H,27,28). The molecule has 4 rings (SSSR count). The molecule has 2 aromatic carbocycles. The van der Waals surface area contributed by atoms with Crippen molar-refractivity contribution in [3.8, 4) is 0 Å². The summed E-state index contributed by atoms with van der Waals surface area (Å²) in [6, 6.07) is 24.3. The Morgan fingerprint density at radius 2 is 1.82 bits per heavy atom. The highest BCUT2D eigenvalue weighted by molar-refractivity contribution is 5.92. The zero-order chi connectivity index (χ0) is 19.5. The van der Waals surface area contributed by atoms with E-state index in [1.54, 1.807) is 0 Å². The van der Waals surface area contributed by atoms with Crippen LogP contribution < -0.4 is 0 Å². The Labute approximate surface area is 163 Å². The molecular formula is C24H20N2O2. The van der Waals surface area contributed by atoms with Gasteiger partial charge in [0, 0.05) is 29.4 Å². The summed E-state index contributed by atoms with van der Waals surface area (Å²) in [5.41, 5.74) is 4.83. The number of carboxylic acid groups (broad SMARTS) is 1. The van der Waals surface area contributed by atoms with Crippen molar-refractivity contribution in [2.45, 2.75) is 13.0 Å². The van der Waals surface area contributed by atoms with Crippen molar-refractivity contribution < 1.29 is 9.90 Å². The number of benzene rings is 2. The third kappa shape index (κ3) is 3.45. The van der Waals surface area contributed by atoms with Crippen molar-refractivity contribution >= 4 is 22.4 Å². The van der Waals surface area contributed by atoms with Crippen LogP contribution in [0.3, 0.4) is 0 Å². The summed E-state index contributed by atoms with van der Waals surface area (Å²) in [6.45, 7) is 1.81. The predicted molar refractivity (Wildman–Crippen MR) is 111 cm³/mol. The van der Waals surface area contributed by atoms with Crippen LogP contribution in [-0.4, -0.2) is 20.6 Å². The van der Waals surface area contributed by atoms with Crippen molar-refractivity contribution in [3.63, 3.8) is 0 Å². The number of pyridine rings is 1. The fraction of sp³-hybridized carbons (Fsp3) is 0.0833. The van der Waals surface area contributed by atoms with E-state index in [-0.39, 0.29) is 6.04 Å². The van der Waals surface area contributed by atoms with Crippen LogP contribution >= 0.6 is 0 Å². The Balaban J connectivity index is 1.85. The summed E-state index contributed by atoms with van der Waals surface area (Å²) >= 11 is 0. The van der Waals surface area contributed by atoms with Gasteiger partial charge in [0.1, 0.15) is 6.04 Å². The molecule has 2 heterocycles. The number of carbonyl (C=O) groups is 1. The fourth-order valence-corrected chi connectivity index (χ4v) is 3.55. The lowest BCUT2D eigenvalue weighted by molar-refractivity contribution is -0.131. The molecule has 0 aliphatic heterocycles. The molecule has 138 valence electrons. The first-order valence-electron chi connectivity index (χ1n) is 9.11. The first kappa shape index (κ1) is 17.7. The molecule has 4 aromatic rings. The second kappa shape index (κ2) is 7.53. The van der Waals surface area contributed by atoms with E-state index >= 15 is 0 Å². The first-order chi connectivity index (χ1) is 13.6. The maximum Gasteiger partial charge on any atom is 0.328 e. The second-order valence-corrected chi connectivity index (χ2v) is 6.73. The predicted octanol–water partition coefficient (Wildman–Crippen LogP) is 5.16. The molecule has 0 fully saturated rings. The molecule has 4 nitrogen and oxygen atoms in total. The van der Waals surface area contributed by atoms with Gasteiger partial charge in [0.2, 0.25) is 0 Å². The van der Waals surface area contributed by atoms with Crippen LogP contribution in [0.2, 0.25) is 0 Å². The number of allylic oxidation sites excluding steroid dienone is 1. The van der Waals surface area contributed by atoms with Gasteiger partial charge in [-0.15, -0.1) is 0 Å². The zero-order valence-corrected chi connectivity index (χ0v) is 15.5. The lowest BCUT2D eigenvalue weighted by atomic mass is 10.0. The fourth-order valence-electron chi connectivity index (χ4n) is 3.55. The van der Waals surface area contributed by atoms with Crippen molar-refractivity contribution in [1.29, 1.82) is 0 Å². The Morgan fingerprint density at radius 3 is 2.54 bits per heavy atom. The molecule has 0 radical (unpaired) electrons. The molecular weight excluding hydrogens is 348 g/mol. The number of carboxylic acids is 1. The van der Waals surface area contributed by atoms with Crippen molar-refractivity contribution in [1.82, 2.24) is 9.55 Å². The third-order valence-electron chi connectivity index (χ3n) is 4.88. The van der Waals surface area contributed by atoms with Gasteiger partial charge in [-0.2, -0.15) is 0 Å². The summed E-state index contributed by atoms with van der Waals surface area (Å²) in [5.74, 6) is -0.936. The van der Waals surface area contributed by atoms with Gasteiger partial charge < -0.3 is 9.67 Å². The minimum Gasteiger partial charge on any atom is -0.478 e. The van der Waals surface area contributed by atoms with Crippen molar-refractivity contribution in [2.24, 2.45) is 0 Å². The monoisotopic (exact) mass is 368 g/mol. The van der Waals surface area contributed by atoms with Crippen LogP contribution in [0.15, 0.2) is 91.3 Å². The largest absolute Gasteiger partial charge is 0.478 e. The van der Waals surface area contributed by atoms with E-state index in [0.29, 0.717) is 0 Å². The molecule has 0 amide bonds. The minimum absolute atomic E-state index is 0.0404. The number of rotatable bonds is 5. The van der Waals surface area contributed by atoms with Gasteiger partial charge in [0.25, 0.3) is 0 Å². The Hall–Kier alpha value is -3.66. The Morgan fingerprint density at radius 1 is 1.04 bits per heavy atom. The van der Waals surface area contributed by atoms with Crippen LogP contribution in [0.5, 0.6) is 0 Å². The maximum absolute atomic E-state index is 11.0. The van der Waals surface area contributed by atoms with Crippen LogP contribution in [0.4, 0.5) is 0 Å². The number of hydrogen-bond donors (Lipinski definition) is 1. The third-order valence-corrected chi connectivity index (χ3v) is 4.88. The van der Waals surface area contributed by atoms with Crippen molar-refractivity contribution in [3.05, 3.63) is 108 Å². The van der Waals surface area contributed by atoms with Crippen LogP contribution in [-0.2, 0) is 4.79 Å². The number of aliphatic carboxylic acids is 1. The topological polar surface area (TPSA) is 55.1 Å². The molecule has 0 spiro atoms. The zero-order valence-electron chi connectivity index (χ0n) is 15.5. The van der Waals surface area contributed by atoms with E-state index in [0.717, 1.165) is 33.3 Å². The van der Waals surface area contributed by atoms with E-state index in [2.05, 4.69) is 33.9 Å². The van der Waals surface area contributed by atoms with Gasteiger partial charge >= 0.3 is 5.97 Å². The molecule has 0 aliphatic carbocycles. The van der Waals surface area contributed by atoms with Crippen LogP contribution in [0.25, 0.3) is 16.5 Å². The molecule has 1 atom stereocenters. The van der Waals surface area contributed by atoms with E-state index < -0.39 is 5.97 Å². The normalized spacial score (nSPS) is 12.8. The summed E-state index contributed by atoms with van der Waals surface area (Å²) < 4.78 is 2.22. The first-order valence-corrected chi connectivity index (χ1v) is 9.11. The number of fused-ring (bicyclic) bond motifs is 1. The Kier molecular flexibility index (Phi) is 4.77. The van der Waals surface area contributed by atoms with Gasteiger partial charge in [-0.3, -0.25) is 4.98 Å². The van der Waals surface area contributed by atoms with Gasteiger partial charge in [-0.1, -0.05) is 42.5 Å². The van der Waals surface area contributed by atoms with E-state index in [4.69, 9.17) is 5.11 Å². The van der Waals surface area contributed by atoms with E-state index in [1.165, 1.54) is 6.08 Å². The molecule has 0 saturated heterocycles. The lowest BCUT2D eigenvalue weighted by Crippen LogP contribution is -2.12. The highest BCUT2D eigenvalue weighted by Gasteiger charge is 2.19. The van der Waals surface area contributed by atoms with Gasteiger partial charge in [0.05, 0.1) is 5.69 Å². The van der Waals surface area contributed by atoms with E-state index in [9.17, 15) is 4.79 Å². The van der Waals surface area contributed by atoms with Crippen molar-refractivity contribution in [2.75, 3.05) is 0 Å². The average molecular weight is 368 g/mol. The lowest BCUT2D eigenvalue weighted by Gasteiger charge is -2.20. The number of nitrogens with zero attached hydrogens (tertiary/aromatic N) is 2. The van der Waals surface area contributed by atoms with Gasteiger partial charge in [0.15, 0.2) is 0 Å². The van der Waals surface area contributed by atoms with Gasteiger partial charge in [-0.05, 0) is 54.0 Å². The molecule has 1 N–H and O–H groups in total. The summed E-state index contributed by atoms with van der Waals surface area (Å²) in [7, 11) is 0. The average Bonchev–Trinajstić information content (AvgIpc) is 3.12. The molecule has 1 unspecified atom stereocenters.